The molecule has 0 spiro atoms. The zero-order chi connectivity index (χ0) is 13.2. The molecule has 100 valence electrons. The Kier molecular flexibility index (Phi) is 3.48. The molecule has 19 heavy (non-hydrogen) atoms. The highest BCUT2D eigenvalue weighted by Gasteiger charge is 2.28. The second kappa shape index (κ2) is 5.26. The standard InChI is InChI=1S/C12H16N6S/c1-8(13-2)11-6-5-10(7-14-11)19-12-15-16-17-18(12)9-3-4-9/h5-9,13H,3-4H2,1-2H3. The Morgan fingerprint density at radius 3 is 2.89 bits per heavy atom. The van der Waals surface area contributed by atoms with Crippen molar-refractivity contribution in [2.45, 2.75) is 41.9 Å². The minimum absolute atomic E-state index is 0.260. The largest absolute Gasteiger partial charge is 0.312 e. The van der Waals surface area contributed by atoms with E-state index in [1.807, 2.05) is 24.0 Å². The van der Waals surface area contributed by atoms with E-state index in [1.165, 1.54) is 12.8 Å². The second-order valence-corrected chi connectivity index (χ2v) is 5.71. The quantitative estimate of drug-likeness (QED) is 0.898. The van der Waals surface area contributed by atoms with Crippen molar-refractivity contribution >= 4 is 11.8 Å². The van der Waals surface area contributed by atoms with Crippen molar-refractivity contribution < 1.29 is 0 Å². The summed E-state index contributed by atoms with van der Waals surface area (Å²) in [6.07, 6.45) is 4.23. The zero-order valence-corrected chi connectivity index (χ0v) is 11.8. The highest BCUT2D eigenvalue weighted by atomic mass is 32.2. The predicted octanol–water partition coefficient (Wildman–Crippen LogP) is 1.83. The molecule has 1 unspecified atom stereocenters. The smallest absolute Gasteiger partial charge is 0.214 e. The average Bonchev–Trinajstić information content (AvgIpc) is 3.19. The van der Waals surface area contributed by atoms with Crippen LogP contribution in [0.25, 0.3) is 0 Å². The molecule has 6 nitrogen and oxygen atoms in total. The number of hydrogen-bond donors (Lipinski definition) is 1. The summed E-state index contributed by atoms with van der Waals surface area (Å²) < 4.78 is 1.91. The highest BCUT2D eigenvalue weighted by Crippen LogP contribution is 2.37. The third-order valence-electron chi connectivity index (χ3n) is 3.20. The molecule has 0 radical (unpaired) electrons. The number of aromatic nitrogens is 5. The van der Waals surface area contributed by atoms with Gasteiger partial charge in [-0.2, -0.15) is 0 Å². The van der Waals surface area contributed by atoms with E-state index in [0.717, 1.165) is 15.7 Å². The minimum atomic E-state index is 0.260. The summed E-state index contributed by atoms with van der Waals surface area (Å²) >= 11 is 1.56. The minimum Gasteiger partial charge on any atom is -0.312 e. The number of tetrazole rings is 1. The summed E-state index contributed by atoms with van der Waals surface area (Å²) in [4.78, 5) is 5.52. The normalized spacial score (nSPS) is 16.5. The Bertz CT molecular complexity index is 548. The van der Waals surface area contributed by atoms with Gasteiger partial charge in [-0.1, -0.05) is 0 Å². The van der Waals surface area contributed by atoms with E-state index < -0.39 is 0 Å². The van der Waals surface area contributed by atoms with Crippen LogP contribution in [0.5, 0.6) is 0 Å². The van der Waals surface area contributed by atoms with Crippen LogP contribution < -0.4 is 5.32 Å². The first-order chi connectivity index (χ1) is 9.28. The van der Waals surface area contributed by atoms with E-state index in [9.17, 15) is 0 Å². The number of nitrogens with zero attached hydrogens (tertiary/aromatic N) is 5. The fourth-order valence-electron chi connectivity index (χ4n) is 1.76. The van der Waals surface area contributed by atoms with Gasteiger partial charge >= 0.3 is 0 Å². The van der Waals surface area contributed by atoms with Gasteiger partial charge in [-0.05, 0) is 61.1 Å². The van der Waals surface area contributed by atoms with Crippen LogP contribution in [0.1, 0.15) is 37.5 Å². The topological polar surface area (TPSA) is 68.5 Å². The van der Waals surface area contributed by atoms with Crippen molar-refractivity contribution in [3.63, 3.8) is 0 Å². The Labute approximate surface area is 116 Å². The van der Waals surface area contributed by atoms with Gasteiger partial charge in [-0.15, -0.1) is 5.10 Å². The van der Waals surface area contributed by atoms with Crippen LogP contribution in [0.3, 0.4) is 0 Å². The Hall–Kier alpha value is -1.47. The van der Waals surface area contributed by atoms with Crippen LogP contribution in [-0.2, 0) is 0 Å². The van der Waals surface area contributed by atoms with Crippen LogP contribution in [0.2, 0.25) is 0 Å². The van der Waals surface area contributed by atoms with Crippen LogP contribution in [-0.4, -0.2) is 32.2 Å². The molecule has 0 aromatic carbocycles. The molecule has 1 saturated carbocycles. The number of hydrogen-bond acceptors (Lipinski definition) is 6. The number of rotatable bonds is 5. The Balaban J connectivity index is 1.74. The van der Waals surface area contributed by atoms with Crippen LogP contribution in [0.4, 0.5) is 0 Å². The van der Waals surface area contributed by atoms with E-state index in [2.05, 4.69) is 38.8 Å². The molecule has 1 aliphatic carbocycles. The SMILES string of the molecule is CNC(C)c1ccc(Sc2nnnn2C2CC2)cn1. The summed E-state index contributed by atoms with van der Waals surface area (Å²) in [5.41, 5.74) is 1.04. The van der Waals surface area contributed by atoms with Gasteiger partial charge in [0.25, 0.3) is 0 Å². The fraction of sp³-hybridized carbons (Fsp3) is 0.500. The van der Waals surface area contributed by atoms with Crippen LogP contribution in [0, 0.1) is 0 Å². The Morgan fingerprint density at radius 1 is 1.42 bits per heavy atom. The lowest BCUT2D eigenvalue weighted by molar-refractivity contribution is 0.565. The number of nitrogens with one attached hydrogen (secondary N) is 1. The average molecular weight is 276 g/mol. The third-order valence-corrected chi connectivity index (χ3v) is 4.13. The molecule has 3 rings (SSSR count). The summed E-state index contributed by atoms with van der Waals surface area (Å²) in [6.45, 7) is 2.09. The maximum atomic E-state index is 4.46. The first-order valence-electron chi connectivity index (χ1n) is 6.37. The van der Waals surface area contributed by atoms with Crippen molar-refractivity contribution in [1.82, 2.24) is 30.5 Å². The lowest BCUT2D eigenvalue weighted by Crippen LogP contribution is -2.13. The highest BCUT2D eigenvalue weighted by molar-refractivity contribution is 7.99. The first-order valence-corrected chi connectivity index (χ1v) is 7.18. The molecule has 2 heterocycles. The molecule has 1 fully saturated rings. The predicted molar refractivity (Wildman–Crippen MR) is 71.9 cm³/mol. The van der Waals surface area contributed by atoms with Crippen LogP contribution in [0.15, 0.2) is 28.4 Å². The van der Waals surface area contributed by atoms with Gasteiger partial charge in [0, 0.05) is 17.1 Å². The fourth-order valence-corrected chi connectivity index (χ4v) is 2.57. The van der Waals surface area contributed by atoms with Gasteiger partial charge in [0.15, 0.2) is 0 Å². The van der Waals surface area contributed by atoms with E-state index in [-0.39, 0.29) is 6.04 Å². The van der Waals surface area contributed by atoms with Crippen LogP contribution >= 0.6 is 11.8 Å². The molecule has 0 saturated heterocycles. The summed E-state index contributed by atoms with van der Waals surface area (Å²) in [7, 11) is 1.93. The zero-order valence-electron chi connectivity index (χ0n) is 10.9. The van der Waals surface area contributed by atoms with Crippen molar-refractivity contribution in [2.24, 2.45) is 0 Å². The van der Waals surface area contributed by atoms with Gasteiger partial charge in [-0.25, -0.2) is 4.68 Å². The molecule has 2 aromatic rings. The van der Waals surface area contributed by atoms with Gasteiger partial charge in [0.1, 0.15) is 0 Å². The first kappa shape index (κ1) is 12.6. The summed E-state index contributed by atoms with van der Waals surface area (Å²) in [5, 5.41) is 15.9. The monoisotopic (exact) mass is 276 g/mol. The summed E-state index contributed by atoms with van der Waals surface area (Å²) in [5.74, 6) is 0. The number of pyridine rings is 1. The van der Waals surface area contributed by atoms with E-state index >= 15 is 0 Å². The molecule has 0 amide bonds. The molecule has 0 bridgehead atoms. The van der Waals surface area contributed by atoms with Crippen molar-refractivity contribution in [3.8, 4) is 0 Å². The molecule has 0 aliphatic heterocycles. The van der Waals surface area contributed by atoms with Gasteiger partial charge < -0.3 is 5.32 Å². The molecule has 1 N–H and O–H groups in total. The van der Waals surface area contributed by atoms with Crippen molar-refractivity contribution in [2.75, 3.05) is 7.05 Å². The summed E-state index contributed by atoms with van der Waals surface area (Å²) in [6, 6.07) is 4.85. The van der Waals surface area contributed by atoms with Gasteiger partial charge in [-0.3, -0.25) is 4.98 Å². The lowest BCUT2D eigenvalue weighted by Gasteiger charge is -2.09. The van der Waals surface area contributed by atoms with E-state index in [1.54, 1.807) is 11.8 Å². The molecule has 1 aliphatic rings. The van der Waals surface area contributed by atoms with Gasteiger partial charge in [0.2, 0.25) is 5.16 Å². The maximum Gasteiger partial charge on any atom is 0.214 e. The molecular weight excluding hydrogens is 260 g/mol. The van der Waals surface area contributed by atoms with Crippen molar-refractivity contribution in [1.29, 1.82) is 0 Å². The van der Waals surface area contributed by atoms with E-state index in [0.29, 0.717) is 6.04 Å². The second-order valence-electron chi connectivity index (χ2n) is 4.67. The van der Waals surface area contributed by atoms with Crippen molar-refractivity contribution in [3.05, 3.63) is 24.0 Å². The Morgan fingerprint density at radius 2 is 2.26 bits per heavy atom. The molecular formula is C12H16N6S. The molecule has 7 heteroatoms. The van der Waals surface area contributed by atoms with E-state index in [4.69, 9.17) is 0 Å². The molecule has 2 aromatic heterocycles. The molecule has 1 atom stereocenters. The maximum absolute atomic E-state index is 4.46. The third kappa shape index (κ3) is 2.76. The lowest BCUT2D eigenvalue weighted by atomic mass is 10.2. The van der Waals surface area contributed by atoms with Gasteiger partial charge in [0.05, 0.1) is 11.7 Å².